The average molecular weight is 310 g/mol. The van der Waals surface area contributed by atoms with Gasteiger partial charge in [-0.3, -0.25) is 10.1 Å². The standard InChI is InChI=1S/C14H18N2O4S/c1-14(2)9-15(6-7-21-14)12-8-10(13(17)20-3)4-5-11(12)16(18)19/h4-5,8H,6-7,9H2,1-3H3. The number of benzene rings is 1. The van der Waals surface area contributed by atoms with Crippen LogP contribution in [0.5, 0.6) is 0 Å². The summed E-state index contributed by atoms with van der Waals surface area (Å²) in [5, 5.41) is 11.2. The topological polar surface area (TPSA) is 72.7 Å². The van der Waals surface area contributed by atoms with Crippen LogP contribution in [0.15, 0.2) is 18.2 Å². The molecule has 0 saturated carbocycles. The minimum atomic E-state index is -0.489. The first-order valence-electron chi connectivity index (χ1n) is 6.60. The van der Waals surface area contributed by atoms with Gasteiger partial charge in [0.2, 0.25) is 0 Å². The quantitative estimate of drug-likeness (QED) is 0.485. The van der Waals surface area contributed by atoms with Crippen molar-refractivity contribution >= 4 is 29.1 Å². The van der Waals surface area contributed by atoms with Crippen LogP contribution >= 0.6 is 11.8 Å². The highest BCUT2D eigenvalue weighted by atomic mass is 32.2. The third-order valence-corrected chi connectivity index (χ3v) is 4.66. The Morgan fingerprint density at radius 2 is 2.19 bits per heavy atom. The second kappa shape index (κ2) is 5.93. The average Bonchev–Trinajstić information content (AvgIpc) is 2.44. The molecule has 1 aliphatic rings. The number of rotatable bonds is 3. The molecule has 0 bridgehead atoms. The van der Waals surface area contributed by atoms with E-state index >= 15 is 0 Å². The predicted molar refractivity (Wildman–Crippen MR) is 83.2 cm³/mol. The molecule has 0 aromatic heterocycles. The van der Waals surface area contributed by atoms with Crippen LogP contribution in [0.2, 0.25) is 0 Å². The van der Waals surface area contributed by atoms with Crippen LogP contribution in [0.25, 0.3) is 0 Å². The molecule has 0 N–H and O–H groups in total. The second-order valence-electron chi connectivity index (χ2n) is 5.48. The molecule has 21 heavy (non-hydrogen) atoms. The fourth-order valence-electron chi connectivity index (χ4n) is 2.40. The third-order valence-electron chi connectivity index (χ3n) is 3.36. The smallest absolute Gasteiger partial charge is 0.337 e. The first-order chi connectivity index (χ1) is 9.84. The zero-order valence-corrected chi connectivity index (χ0v) is 13.1. The summed E-state index contributed by atoms with van der Waals surface area (Å²) in [4.78, 5) is 24.4. The Labute approximate surface area is 127 Å². The van der Waals surface area contributed by atoms with Crippen molar-refractivity contribution in [2.45, 2.75) is 18.6 Å². The highest BCUT2D eigenvalue weighted by Crippen LogP contribution is 2.36. The molecule has 7 heteroatoms. The van der Waals surface area contributed by atoms with Gasteiger partial charge >= 0.3 is 5.97 Å². The van der Waals surface area contributed by atoms with E-state index in [1.165, 1.54) is 19.2 Å². The van der Waals surface area contributed by atoms with Gasteiger partial charge in [-0.15, -0.1) is 0 Å². The Morgan fingerprint density at radius 1 is 1.48 bits per heavy atom. The summed E-state index contributed by atoms with van der Waals surface area (Å²) in [5.74, 6) is 0.406. The van der Waals surface area contributed by atoms with Crippen molar-refractivity contribution in [2.75, 3.05) is 30.9 Å². The summed E-state index contributed by atoms with van der Waals surface area (Å²) in [5.41, 5.74) is 0.829. The number of nitro groups is 1. The molecular weight excluding hydrogens is 292 g/mol. The normalized spacial score (nSPS) is 17.4. The maximum atomic E-state index is 11.6. The number of thioether (sulfide) groups is 1. The first kappa shape index (κ1) is 15.6. The molecule has 0 atom stereocenters. The molecule has 1 aliphatic heterocycles. The Balaban J connectivity index is 2.43. The molecular formula is C14H18N2O4S. The number of methoxy groups -OCH3 is 1. The van der Waals surface area contributed by atoms with Crippen LogP contribution in [-0.2, 0) is 4.74 Å². The Hall–Kier alpha value is -1.76. The molecule has 1 saturated heterocycles. The molecule has 1 aromatic carbocycles. The van der Waals surface area contributed by atoms with Gasteiger partial charge in [0.1, 0.15) is 5.69 Å². The van der Waals surface area contributed by atoms with Crippen molar-refractivity contribution in [3.63, 3.8) is 0 Å². The Bertz CT molecular complexity index is 574. The van der Waals surface area contributed by atoms with Crippen LogP contribution in [0.1, 0.15) is 24.2 Å². The van der Waals surface area contributed by atoms with Gasteiger partial charge in [0.25, 0.3) is 5.69 Å². The van der Waals surface area contributed by atoms with Crippen molar-refractivity contribution in [1.29, 1.82) is 0 Å². The fraction of sp³-hybridized carbons (Fsp3) is 0.500. The van der Waals surface area contributed by atoms with Crippen molar-refractivity contribution in [3.05, 3.63) is 33.9 Å². The van der Waals surface area contributed by atoms with Crippen molar-refractivity contribution in [2.24, 2.45) is 0 Å². The van der Waals surface area contributed by atoms with E-state index in [0.717, 1.165) is 12.3 Å². The maximum absolute atomic E-state index is 11.6. The minimum Gasteiger partial charge on any atom is -0.465 e. The Morgan fingerprint density at radius 3 is 2.76 bits per heavy atom. The number of hydrogen-bond donors (Lipinski definition) is 0. The van der Waals surface area contributed by atoms with E-state index in [0.29, 0.717) is 17.8 Å². The third kappa shape index (κ3) is 3.47. The highest BCUT2D eigenvalue weighted by Gasteiger charge is 2.31. The van der Waals surface area contributed by atoms with Crippen molar-refractivity contribution in [1.82, 2.24) is 0 Å². The molecule has 0 unspecified atom stereocenters. The monoisotopic (exact) mass is 310 g/mol. The molecule has 114 valence electrons. The van der Waals surface area contributed by atoms with E-state index in [-0.39, 0.29) is 10.4 Å². The van der Waals surface area contributed by atoms with Gasteiger partial charge in [-0.1, -0.05) is 0 Å². The van der Waals surface area contributed by atoms with E-state index in [1.54, 1.807) is 6.07 Å². The predicted octanol–water partition coefficient (Wildman–Crippen LogP) is 2.71. The van der Waals surface area contributed by atoms with E-state index < -0.39 is 10.9 Å². The molecule has 0 aliphatic carbocycles. The SMILES string of the molecule is COC(=O)c1ccc([N+](=O)[O-])c(N2CCSC(C)(C)C2)c1. The van der Waals surface area contributed by atoms with Crippen molar-refractivity contribution in [3.8, 4) is 0 Å². The molecule has 1 fully saturated rings. The van der Waals surface area contributed by atoms with Gasteiger partial charge in [-0.2, -0.15) is 11.8 Å². The summed E-state index contributed by atoms with van der Waals surface area (Å²) in [6.45, 7) is 5.64. The van der Waals surface area contributed by atoms with E-state index in [2.05, 4.69) is 18.6 Å². The van der Waals surface area contributed by atoms with Crippen LogP contribution in [0.3, 0.4) is 0 Å². The molecule has 1 aromatic rings. The van der Waals surface area contributed by atoms with Gasteiger partial charge in [0, 0.05) is 29.7 Å². The van der Waals surface area contributed by atoms with Crippen molar-refractivity contribution < 1.29 is 14.5 Å². The summed E-state index contributed by atoms with van der Waals surface area (Å²) >= 11 is 1.84. The Kier molecular flexibility index (Phi) is 4.41. The van der Waals surface area contributed by atoms with Gasteiger partial charge in [0.05, 0.1) is 17.6 Å². The summed E-state index contributed by atoms with van der Waals surface area (Å²) in [6.07, 6.45) is 0. The zero-order valence-electron chi connectivity index (χ0n) is 12.3. The van der Waals surface area contributed by atoms with Crippen LogP contribution < -0.4 is 4.90 Å². The summed E-state index contributed by atoms with van der Waals surface area (Å²) in [7, 11) is 1.30. The zero-order chi connectivity index (χ0) is 15.6. The second-order valence-corrected chi connectivity index (χ2v) is 7.28. The molecule has 0 spiro atoms. The van der Waals surface area contributed by atoms with Gasteiger partial charge in [0.15, 0.2) is 0 Å². The van der Waals surface area contributed by atoms with Gasteiger partial charge in [-0.25, -0.2) is 4.79 Å². The maximum Gasteiger partial charge on any atom is 0.337 e. The van der Waals surface area contributed by atoms with Crippen LogP contribution in [0, 0.1) is 10.1 Å². The molecule has 2 rings (SSSR count). The number of esters is 1. The lowest BCUT2D eigenvalue weighted by Gasteiger charge is -2.38. The highest BCUT2D eigenvalue weighted by molar-refractivity contribution is 8.00. The fourth-order valence-corrected chi connectivity index (χ4v) is 3.51. The number of ether oxygens (including phenoxy) is 1. The van der Waals surface area contributed by atoms with E-state index in [1.807, 2.05) is 16.7 Å². The summed E-state index contributed by atoms with van der Waals surface area (Å²) < 4.78 is 4.71. The molecule has 1 heterocycles. The van der Waals surface area contributed by atoms with Crippen LogP contribution in [-0.4, -0.2) is 41.6 Å². The number of hydrogen-bond acceptors (Lipinski definition) is 6. The first-order valence-corrected chi connectivity index (χ1v) is 7.58. The number of anilines is 1. The van der Waals surface area contributed by atoms with Crippen LogP contribution in [0.4, 0.5) is 11.4 Å². The largest absolute Gasteiger partial charge is 0.465 e. The lowest BCUT2D eigenvalue weighted by molar-refractivity contribution is -0.384. The molecule has 0 amide bonds. The molecule has 6 nitrogen and oxygen atoms in total. The number of carbonyl (C=O) groups is 1. The number of carbonyl (C=O) groups excluding carboxylic acids is 1. The number of nitro benzene ring substituents is 1. The lowest BCUT2D eigenvalue weighted by Crippen LogP contribution is -2.43. The van der Waals surface area contributed by atoms with Gasteiger partial charge < -0.3 is 9.64 Å². The van der Waals surface area contributed by atoms with E-state index in [4.69, 9.17) is 0 Å². The lowest BCUT2D eigenvalue weighted by atomic mass is 10.1. The van der Waals surface area contributed by atoms with E-state index in [9.17, 15) is 14.9 Å². The number of nitrogens with zero attached hydrogens (tertiary/aromatic N) is 2. The van der Waals surface area contributed by atoms with Gasteiger partial charge in [-0.05, 0) is 26.0 Å². The summed E-state index contributed by atoms with van der Waals surface area (Å²) in [6, 6.07) is 4.35. The molecule has 0 radical (unpaired) electrons. The minimum absolute atomic E-state index is 0.0188.